The number of aliphatic hydroxyl groups excluding tert-OH is 1. The molecule has 1 saturated heterocycles. The molecule has 0 bridgehead atoms. The predicted molar refractivity (Wildman–Crippen MR) is 120 cm³/mol. The minimum atomic E-state index is -0.795. The Kier molecular flexibility index (Phi) is 6.37. The van der Waals surface area contributed by atoms with Gasteiger partial charge >= 0.3 is 0 Å². The van der Waals surface area contributed by atoms with Gasteiger partial charge in [0.15, 0.2) is 17.2 Å². The smallest absolute Gasteiger partial charge is 0.256 e. The maximum absolute atomic E-state index is 13.4. The molecule has 1 aromatic carbocycles. The fourth-order valence-corrected chi connectivity index (χ4v) is 4.08. The average Bonchev–Trinajstić information content (AvgIpc) is 3.21. The second-order valence-corrected chi connectivity index (χ2v) is 8.85. The molecular weight excluding hydrogens is 432 g/mol. The van der Waals surface area contributed by atoms with E-state index in [1.807, 2.05) is 38.1 Å². The molecule has 2 atom stereocenters. The molecule has 3 heterocycles. The van der Waals surface area contributed by atoms with Crippen molar-refractivity contribution >= 4 is 23.2 Å². The zero-order valence-corrected chi connectivity index (χ0v) is 19.2. The molecule has 2 aromatic heterocycles. The number of fused-ring (bicyclic) bond motifs is 1. The summed E-state index contributed by atoms with van der Waals surface area (Å²) in [6.07, 6.45) is 2.91. The number of ether oxygens (including phenoxy) is 2. The molecule has 1 aliphatic heterocycles. The molecule has 3 aromatic rings. The molecule has 0 spiro atoms. The lowest BCUT2D eigenvalue weighted by atomic mass is 9.98. The zero-order chi connectivity index (χ0) is 22.9. The third-order valence-electron chi connectivity index (χ3n) is 5.79. The van der Waals surface area contributed by atoms with Crippen LogP contribution in [0.4, 0.5) is 0 Å². The van der Waals surface area contributed by atoms with Gasteiger partial charge in [0.05, 0.1) is 37.5 Å². The van der Waals surface area contributed by atoms with E-state index in [1.54, 1.807) is 28.8 Å². The molecule has 9 heteroatoms. The normalized spacial score (nSPS) is 21.2. The number of amides is 1. The van der Waals surface area contributed by atoms with Crippen LogP contribution in [0.25, 0.3) is 5.65 Å². The summed E-state index contributed by atoms with van der Waals surface area (Å²) in [5.41, 5.74) is 1.26. The second kappa shape index (κ2) is 9.05. The molecule has 1 fully saturated rings. The number of aliphatic hydroxyl groups is 1. The van der Waals surface area contributed by atoms with Gasteiger partial charge in [0, 0.05) is 24.2 Å². The van der Waals surface area contributed by atoms with E-state index in [4.69, 9.17) is 21.1 Å². The number of rotatable bonds is 6. The van der Waals surface area contributed by atoms with Crippen molar-refractivity contribution in [3.8, 4) is 5.75 Å². The highest BCUT2D eigenvalue weighted by Crippen LogP contribution is 2.27. The van der Waals surface area contributed by atoms with Crippen molar-refractivity contribution in [2.75, 3.05) is 26.9 Å². The summed E-state index contributed by atoms with van der Waals surface area (Å²) in [6, 6.07) is 9.37. The summed E-state index contributed by atoms with van der Waals surface area (Å²) in [4.78, 5) is 19.7. The highest BCUT2D eigenvalue weighted by Gasteiger charge is 2.40. The fraction of sp³-hybridized carbons (Fsp3) is 0.435. The molecule has 2 unspecified atom stereocenters. The number of aromatic nitrogens is 3. The molecule has 1 N–H and O–H groups in total. The summed E-state index contributed by atoms with van der Waals surface area (Å²) in [7, 11) is 1.54. The standard InChI is InChI=1S/C23H27ClN4O4/c1-15-11-27(23(2,13-29)14-32-15)22(30)17-10-19(31-3)21-25-20(26-28(21)12-17)8-7-16-5-4-6-18(24)9-16/h4-6,9-10,12,15,29H,7-8,11,13-14H2,1-3H3. The van der Waals surface area contributed by atoms with Crippen molar-refractivity contribution in [3.63, 3.8) is 0 Å². The lowest BCUT2D eigenvalue weighted by molar-refractivity contribution is -0.0987. The van der Waals surface area contributed by atoms with Gasteiger partial charge in [0.2, 0.25) is 0 Å². The molecule has 0 aliphatic carbocycles. The Morgan fingerprint density at radius 1 is 1.38 bits per heavy atom. The van der Waals surface area contributed by atoms with Crippen molar-refractivity contribution in [1.29, 1.82) is 0 Å². The monoisotopic (exact) mass is 458 g/mol. The van der Waals surface area contributed by atoms with Gasteiger partial charge in [-0.25, -0.2) is 9.50 Å². The van der Waals surface area contributed by atoms with Crippen LogP contribution >= 0.6 is 11.6 Å². The predicted octanol–water partition coefficient (Wildman–Crippen LogP) is 2.79. The second-order valence-electron chi connectivity index (χ2n) is 8.42. The van der Waals surface area contributed by atoms with E-state index in [2.05, 4.69) is 10.1 Å². The number of methoxy groups -OCH3 is 1. The number of carbonyl (C=O) groups is 1. The quantitative estimate of drug-likeness (QED) is 0.611. The van der Waals surface area contributed by atoms with E-state index in [9.17, 15) is 9.90 Å². The maximum Gasteiger partial charge on any atom is 0.256 e. The Morgan fingerprint density at radius 2 is 2.19 bits per heavy atom. The van der Waals surface area contributed by atoms with Gasteiger partial charge in [0.1, 0.15) is 0 Å². The van der Waals surface area contributed by atoms with E-state index >= 15 is 0 Å². The summed E-state index contributed by atoms with van der Waals surface area (Å²) in [5, 5.41) is 15.2. The van der Waals surface area contributed by atoms with E-state index in [-0.39, 0.29) is 25.2 Å². The molecule has 32 heavy (non-hydrogen) atoms. The molecule has 1 aliphatic rings. The number of hydrogen-bond donors (Lipinski definition) is 1. The number of halogens is 1. The van der Waals surface area contributed by atoms with Gasteiger partial charge in [-0.15, -0.1) is 0 Å². The lowest BCUT2D eigenvalue weighted by Gasteiger charge is -2.45. The number of aryl methyl sites for hydroxylation is 2. The van der Waals surface area contributed by atoms with Crippen LogP contribution in [0.15, 0.2) is 36.5 Å². The number of benzene rings is 1. The highest BCUT2D eigenvalue weighted by atomic mass is 35.5. The Labute approximate surface area is 191 Å². The number of nitrogens with zero attached hydrogens (tertiary/aromatic N) is 4. The SMILES string of the molecule is COc1cc(C(=O)N2CC(C)OCC2(C)CO)cn2nc(CCc3cccc(Cl)c3)nc12. The van der Waals surface area contributed by atoms with Crippen molar-refractivity contribution in [3.05, 3.63) is 58.5 Å². The number of hydrogen-bond acceptors (Lipinski definition) is 6. The van der Waals surface area contributed by atoms with Gasteiger partial charge in [-0.1, -0.05) is 23.7 Å². The molecule has 8 nitrogen and oxygen atoms in total. The molecule has 1 amide bonds. The molecular formula is C23H27ClN4O4. The van der Waals surface area contributed by atoms with E-state index in [0.29, 0.717) is 40.8 Å². The topological polar surface area (TPSA) is 89.2 Å². The number of morpholine rings is 1. The zero-order valence-electron chi connectivity index (χ0n) is 18.4. The van der Waals surface area contributed by atoms with Gasteiger partial charge in [-0.2, -0.15) is 5.10 Å². The average molecular weight is 459 g/mol. The van der Waals surface area contributed by atoms with Crippen LogP contribution in [0, 0.1) is 0 Å². The first-order chi connectivity index (χ1) is 15.3. The van der Waals surface area contributed by atoms with Crippen molar-refractivity contribution < 1.29 is 19.4 Å². The fourth-order valence-electron chi connectivity index (χ4n) is 3.87. The maximum atomic E-state index is 13.4. The minimum Gasteiger partial charge on any atom is -0.493 e. The van der Waals surface area contributed by atoms with E-state index < -0.39 is 5.54 Å². The van der Waals surface area contributed by atoms with Crippen LogP contribution in [0.2, 0.25) is 5.02 Å². The van der Waals surface area contributed by atoms with Crippen LogP contribution in [0.1, 0.15) is 35.6 Å². The summed E-state index contributed by atoms with van der Waals surface area (Å²) in [6.45, 7) is 4.19. The number of carbonyl (C=O) groups excluding carboxylic acids is 1. The Hall–Kier alpha value is -2.68. The van der Waals surface area contributed by atoms with Crippen molar-refractivity contribution in [2.45, 2.75) is 38.3 Å². The first kappa shape index (κ1) is 22.5. The summed E-state index contributed by atoms with van der Waals surface area (Å²) < 4.78 is 12.8. The van der Waals surface area contributed by atoms with Gasteiger partial charge in [-0.3, -0.25) is 4.79 Å². The third-order valence-corrected chi connectivity index (χ3v) is 6.03. The first-order valence-corrected chi connectivity index (χ1v) is 10.9. The van der Waals surface area contributed by atoms with Crippen molar-refractivity contribution in [1.82, 2.24) is 19.5 Å². The van der Waals surface area contributed by atoms with Crippen LogP contribution in [-0.2, 0) is 17.6 Å². The largest absolute Gasteiger partial charge is 0.493 e. The molecule has 170 valence electrons. The first-order valence-electron chi connectivity index (χ1n) is 10.5. The summed E-state index contributed by atoms with van der Waals surface area (Å²) in [5.74, 6) is 0.894. The van der Waals surface area contributed by atoms with Gasteiger partial charge in [-0.05, 0) is 44.0 Å². The molecule has 0 saturated carbocycles. The number of pyridine rings is 1. The molecule has 0 radical (unpaired) electrons. The minimum absolute atomic E-state index is 0.117. The Bertz CT molecular complexity index is 1130. The molecule has 4 rings (SSSR count). The van der Waals surface area contributed by atoms with Crippen LogP contribution in [0.3, 0.4) is 0 Å². The van der Waals surface area contributed by atoms with Crippen LogP contribution in [0.5, 0.6) is 5.75 Å². The Morgan fingerprint density at radius 3 is 2.91 bits per heavy atom. The van der Waals surface area contributed by atoms with Gasteiger partial charge in [0.25, 0.3) is 5.91 Å². The Balaban J connectivity index is 1.62. The van der Waals surface area contributed by atoms with Crippen LogP contribution in [-0.4, -0.2) is 69.0 Å². The van der Waals surface area contributed by atoms with Crippen molar-refractivity contribution in [2.24, 2.45) is 0 Å². The van der Waals surface area contributed by atoms with E-state index in [1.165, 1.54) is 0 Å². The van der Waals surface area contributed by atoms with E-state index in [0.717, 1.165) is 12.0 Å². The lowest BCUT2D eigenvalue weighted by Crippen LogP contribution is -2.61. The highest BCUT2D eigenvalue weighted by molar-refractivity contribution is 6.30. The van der Waals surface area contributed by atoms with Crippen LogP contribution < -0.4 is 4.74 Å². The summed E-state index contributed by atoms with van der Waals surface area (Å²) >= 11 is 6.07. The van der Waals surface area contributed by atoms with Gasteiger partial charge < -0.3 is 19.5 Å². The third kappa shape index (κ3) is 4.44.